The van der Waals surface area contributed by atoms with Crippen LogP contribution in [-0.4, -0.2) is 46.5 Å². The zero-order valence-electron chi connectivity index (χ0n) is 16.1. The SMILES string of the molecule is CCOC(=O)Nc1nnc(SC(C)C(=O)N2CC(=O)Nc3cc(C(F)(F)F)ccc32)s1. The van der Waals surface area contributed by atoms with E-state index in [1.54, 1.807) is 13.8 Å². The Hall–Kier alpha value is -2.87. The zero-order valence-corrected chi connectivity index (χ0v) is 17.8. The molecule has 14 heteroatoms. The molecule has 1 aromatic heterocycles. The topological polar surface area (TPSA) is 114 Å². The van der Waals surface area contributed by atoms with Crippen molar-refractivity contribution < 1.29 is 32.3 Å². The van der Waals surface area contributed by atoms with Gasteiger partial charge in [0.2, 0.25) is 16.9 Å². The Morgan fingerprint density at radius 3 is 2.81 bits per heavy atom. The largest absolute Gasteiger partial charge is 0.450 e. The Morgan fingerprint density at radius 1 is 1.39 bits per heavy atom. The van der Waals surface area contributed by atoms with Gasteiger partial charge in [-0.05, 0) is 32.0 Å². The molecule has 3 rings (SSSR count). The predicted molar refractivity (Wildman–Crippen MR) is 108 cm³/mol. The highest BCUT2D eigenvalue weighted by Gasteiger charge is 2.35. The number of thioether (sulfide) groups is 1. The fourth-order valence-electron chi connectivity index (χ4n) is 2.65. The van der Waals surface area contributed by atoms with Gasteiger partial charge in [-0.15, -0.1) is 10.2 Å². The lowest BCUT2D eigenvalue weighted by Crippen LogP contribution is -2.45. The van der Waals surface area contributed by atoms with Crippen LogP contribution in [0.5, 0.6) is 0 Å². The highest BCUT2D eigenvalue weighted by Crippen LogP contribution is 2.38. The first-order chi connectivity index (χ1) is 14.6. The molecule has 1 aromatic carbocycles. The predicted octanol–water partition coefficient (Wildman–Crippen LogP) is 3.59. The van der Waals surface area contributed by atoms with Crippen molar-refractivity contribution in [1.82, 2.24) is 10.2 Å². The molecule has 3 amide bonds. The molecule has 166 valence electrons. The van der Waals surface area contributed by atoms with Crippen LogP contribution in [0.1, 0.15) is 19.4 Å². The number of anilines is 3. The van der Waals surface area contributed by atoms with E-state index in [1.807, 2.05) is 0 Å². The van der Waals surface area contributed by atoms with Crippen LogP contribution in [0, 0.1) is 0 Å². The van der Waals surface area contributed by atoms with E-state index in [4.69, 9.17) is 4.74 Å². The van der Waals surface area contributed by atoms with Crippen LogP contribution < -0.4 is 15.5 Å². The Balaban J connectivity index is 1.74. The van der Waals surface area contributed by atoms with E-state index < -0.39 is 34.9 Å². The van der Waals surface area contributed by atoms with Crippen LogP contribution in [-0.2, 0) is 20.5 Å². The highest BCUT2D eigenvalue weighted by molar-refractivity contribution is 8.02. The molecular weight excluding hydrogens is 459 g/mol. The maximum atomic E-state index is 13.0. The maximum Gasteiger partial charge on any atom is 0.416 e. The van der Waals surface area contributed by atoms with E-state index in [9.17, 15) is 27.6 Å². The van der Waals surface area contributed by atoms with Crippen LogP contribution in [0.3, 0.4) is 0 Å². The Bertz CT molecular complexity index is 1010. The summed E-state index contributed by atoms with van der Waals surface area (Å²) in [6, 6.07) is 2.80. The number of hydrogen-bond acceptors (Lipinski definition) is 8. The Morgan fingerprint density at radius 2 is 2.13 bits per heavy atom. The highest BCUT2D eigenvalue weighted by atomic mass is 32.2. The number of benzene rings is 1. The van der Waals surface area contributed by atoms with Crippen molar-refractivity contribution >= 4 is 57.5 Å². The summed E-state index contributed by atoms with van der Waals surface area (Å²) in [6.07, 6.45) is -5.27. The summed E-state index contributed by atoms with van der Waals surface area (Å²) >= 11 is 2.06. The fourth-order valence-corrected chi connectivity index (χ4v) is 4.59. The van der Waals surface area contributed by atoms with Gasteiger partial charge in [-0.2, -0.15) is 13.2 Å². The molecule has 2 aromatic rings. The van der Waals surface area contributed by atoms with Crippen molar-refractivity contribution in [3.63, 3.8) is 0 Å². The minimum Gasteiger partial charge on any atom is -0.450 e. The molecule has 0 radical (unpaired) electrons. The summed E-state index contributed by atoms with van der Waals surface area (Å²) in [4.78, 5) is 37.5. The first-order valence-corrected chi connectivity index (χ1v) is 10.5. The summed E-state index contributed by atoms with van der Waals surface area (Å²) < 4.78 is 44.0. The average Bonchev–Trinajstić information content (AvgIpc) is 3.12. The Labute approximate surface area is 182 Å². The van der Waals surface area contributed by atoms with Crippen LogP contribution in [0.15, 0.2) is 22.5 Å². The first-order valence-electron chi connectivity index (χ1n) is 8.85. The summed E-state index contributed by atoms with van der Waals surface area (Å²) in [5.74, 6) is -1.09. The number of hydrogen-bond donors (Lipinski definition) is 2. The van der Waals surface area contributed by atoms with Crippen molar-refractivity contribution in [2.75, 3.05) is 28.7 Å². The third kappa shape index (κ3) is 5.44. The lowest BCUT2D eigenvalue weighted by molar-refractivity contribution is -0.137. The number of rotatable bonds is 5. The molecule has 1 aliphatic rings. The number of carbonyl (C=O) groups is 3. The molecule has 2 heterocycles. The van der Waals surface area contributed by atoms with Gasteiger partial charge in [0.1, 0.15) is 6.54 Å². The molecular formula is C17H16F3N5O4S2. The minimum atomic E-state index is -4.58. The molecule has 0 fully saturated rings. The van der Waals surface area contributed by atoms with Crippen molar-refractivity contribution in [2.45, 2.75) is 29.6 Å². The monoisotopic (exact) mass is 475 g/mol. The van der Waals surface area contributed by atoms with E-state index in [0.29, 0.717) is 4.34 Å². The number of amides is 3. The summed E-state index contributed by atoms with van der Waals surface area (Å²) in [5, 5.41) is 11.9. The number of ether oxygens (including phenoxy) is 1. The van der Waals surface area contributed by atoms with Crippen LogP contribution >= 0.6 is 23.1 Å². The summed E-state index contributed by atoms with van der Waals surface area (Å²) in [6.45, 7) is 3.08. The van der Waals surface area contributed by atoms with Crippen molar-refractivity contribution in [3.05, 3.63) is 23.8 Å². The number of halogens is 3. The molecule has 0 spiro atoms. The van der Waals surface area contributed by atoms with Gasteiger partial charge in [0, 0.05) is 0 Å². The molecule has 31 heavy (non-hydrogen) atoms. The summed E-state index contributed by atoms with van der Waals surface area (Å²) in [5.41, 5.74) is -0.848. The Kier molecular flexibility index (Phi) is 6.69. The quantitative estimate of drug-likeness (QED) is 0.502. The second-order valence-corrected chi connectivity index (χ2v) is 8.75. The maximum absolute atomic E-state index is 13.0. The minimum absolute atomic E-state index is 0.0894. The van der Waals surface area contributed by atoms with Gasteiger partial charge in [-0.25, -0.2) is 4.79 Å². The van der Waals surface area contributed by atoms with Gasteiger partial charge in [-0.3, -0.25) is 19.8 Å². The molecule has 9 nitrogen and oxygen atoms in total. The molecule has 2 N–H and O–H groups in total. The number of carbonyl (C=O) groups excluding carboxylic acids is 3. The molecule has 0 saturated heterocycles. The van der Waals surface area contributed by atoms with Crippen molar-refractivity contribution in [3.8, 4) is 0 Å². The van der Waals surface area contributed by atoms with Crippen molar-refractivity contribution in [2.24, 2.45) is 0 Å². The van der Waals surface area contributed by atoms with Crippen LogP contribution in [0.4, 0.5) is 34.5 Å². The standard InChI is InChI=1S/C17H16F3N5O4S2/c1-3-29-15(28)22-14-23-24-16(31-14)30-8(2)13(27)25-7-12(26)21-10-6-9(17(18,19)20)4-5-11(10)25/h4-6,8H,3,7H2,1-2H3,(H,21,26)(H,22,23,28). The van der Waals surface area contributed by atoms with E-state index in [-0.39, 0.29) is 29.7 Å². The molecule has 0 bridgehead atoms. The van der Waals surface area contributed by atoms with Crippen molar-refractivity contribution in [1.29, 1.82) is 0 Å². The van der Waals surface area contributed by atoms with Gasteiger partial charge >= 0.3 is 12.3 Å². The number of aromatic nitrogens is 2. The number of nitrogens with one attached hydrogen (secondary N) is 2. The molecule has 0 aliphatic carbocycles. The third-order valence-electron chi connectivity index (χ3n) is 3.97. The smallest absolute Gasteiger partial charge is 0.416 e. The van der Waals surface area contributed by atoms with Crippen LogP contribution in [0.2, 0.25) is 0 Å². The molecule has 1 atom stereocenters. The number of alkyl halides is 3. The second kappa shape index (κ2) is 9.09. The van der Waals surface area contributed by atoms with Crippen LogP contribution in [0.25, 0.3) is 0 Å². The number of nitrogens with zero attached hydrogens (tertiary/aromatic N) is 3. The van der Waals surface area contributed by atoms with Gasteiger partial charge < -0.3 is 10.1 Å². The van der Waals surface area contributed by atoms with Gasteiger partial charge in [0.05, 0.1) is 28.8 Å². The summed E-state index contributed by atoms with van der Waals surface area (Å²) in [7, 11) is 0. The second-order valence-electron chi connectivity index (χ2n) is 6.18. The first kappa shape index (κ1) is 22.8. The third-order valence-corrected chi connectivity index (χ3v) is 5.98. The zero-order chi connectivity index (χ0) is 22.8. The average molecular weight is 475 g/mol. The van der Waals surface area contributed by atoms with Gasteiger partial charge in [0.15, 0.2) is 4.34 Å². The van der Waals surface area contributed by atoms with Gasteiger partial charge in [0.25, 0.3) is 0 Å². The fraction of sp³-hybridized carbons (Fsp3) is 0.353. The molecule has 1 aliphatic heterocycles. The van der Waals surface area contributed by atoms with Gasteiger partial charge in [-0.1, -0.05) is 23.1 Å². The lowest BCUT2D eigenvalue weighted by Gasteiger charge is -2.31. The number of fused-ring (bicyclic) bond motifs is 1. The molecule has 1 unspecified atom stereocenters. The lowest BCUT2D eigenvalue weighted by atomic mass is 10.1. The van der Waals surface area contributed by atoms with E-state index in [2.05, 4.69) is 20.8 Å². The normalized spacial score (nSPS) is 14.5. The van der Waals surface area contributed by atoms with E-state index in [0.717, 1.165) is 46.2 Å². The van der Waals surface area contributed by atoms with E-state index in [1.165, 1.54) is 0 Å². The molecule has 0 saturated carbocycles. The van der Waals surface area contributed by atoms with E-state index >= 15 is 0 Å².